The second kappa shape index (κ2) is 13.0. The molecule has 8 rings (SSSR count). The van der Waals surface area contributed by atoms with E-state index in [0.29, 0.717) is 0 Å². The number of fused-ring (bicyclic) bond motifs is 6. The highest BCUT2D eigenvalue weighted by Crippen LogP contribution is 2.37. The molecule has 236 valence electrons. The van der Waals surface area contributed by atoms with E-state index in [0.717, 1.165) is 12.0 Å². The number of para-hydroxylation sites is 3. The summed E-state index contributed by atoms with van der Waals surface area (Å²) >= 11 is 0. The quantitative estimate of drug-likeness (QED) is 0.127. The van der Waals surface area contributed by atoms with Gasteiger partial charge in [-0.2, -0.15) is 0 Å². The standard InChI is InChI=1S/C46H42N2/c1-3-5-6-7-8-9-16-34-29-37(47-43-20-13-10-17-39(43)40-18-11-14-21-44(40)47)32-38(30-34)48-45-22-15-12-19-41(45)42-31-36(27-28-46(42)48)35-25-23-33(4-2)24-26-35/h4,10-15,17-32H,2-3,5-9,16H2,1H3. The summed E-state index contributed by atoms with van der Waals surface area (Å²) in [5.41, 5.74) is 12.4. The van der Waals surface area contributed by atoms with E-state index in [4.69, 9.17) is 0 Å². The maximum Gasteiger partial charge on any atom is 0.0541 e. The van der Waals surface area contributed by atoms with Crippen molar-refractivity contribution in [1.29, 1.82) is 0 Å². The number of aryl methyl sites for hydroxylation is 1. The van der Waals surface area contributed by atoms with E-state index in [2.05, 4.69) is 156 Å². The fraction of sp³-hybridized carbons (Fsp3) is 0.174. The van der Waals surface area contributed by atoms with Gasteiger partial charge in [-0.25, -0.2) is 0 Å². The summed E-state index contributed by atoms with van der Waals surface area (Å²) in [6.45, 7) is 6.21. The first-order valence-electron chi connectivity index (χ1n) is 17.6. The van der Waals surface area contributed by atoms with Crippen LogP contribution in [0.2, 0.25) is 0 Å². The van der Waals surface area contributed by atoms with Crippen LogP contribution in [0.5, 0.6) is 0 Å². The summed E-state index contributed by atoms with van der Waals surface area (Å²) in [6, 6.07) is 49.4. The smallest absolute Gasteiger partial charge is 0.0541 e. The van der Waals surface area contributed by atoms with Crippen LogP contribution in [0.4, 0.5) is 0 Å². The second-order valence-corrected chi connectivity index (χ2v) is 13.2. The maximum atomic E-state index is 3.93. The van der Waals surface area contributed by atoms with Gasteiger partial charge in [-0.05, 0) is 83.6 Å². The summed E-state index contributed by atoms with van der Waals surface area (Å²) in [5, 5.41) is 5.13. The molecule has 6 aromatic carbocycles. The first-order chi connectivity index (χ1) is 23.7. The predicted molar refractivity (Wildman–Crippen MR) is 208 cm³/mol. The number of hydrogen-bond acceptors (Lipinski definition) is 0. The second-order valence-electron chi connectivity index (χ2n) is 13.2. The van der Waals surface area contributed by atoms with Crippen LogP contribution in [0, 0.1) is 0 Å². The molecule has 0 unspecified atom stereocenters. The summed E-state index contributed by atoms with van der Waals surface area (Å²) in [5.74, 6) is 0. The molecule has 0 aliphatic heterocycles. The van der Waals surface area contributed by atoms with Gasteiger partial charge in [-0.15, -0.1) is 0 Å². The zero-order valence-corrected chi connectivity index (χ0v) is 27.8. The molecular weight excluding hydrogens is 581 g/mol. The lowest BCUT2D eigenvalue weighted by Crippen LogP contribution is -2.01. The fourth-order valence-electron chi connectivity index (χ4n) is 7.61. The molecule has 0 aliphatic rings. The van der Waals surface area contributed by atoms with Crippen LogP contribution in [0.25, 0.3) is 72.2 Å². The average Bonchev–Trinajstić information content (AvgIpc) is 3.66. The molecule has 0 N–H and O–H groups in total. The molecule has 0 radical (unpaired) electrons. The molecule has 0 aliphatic carbocycles. The number of aromatic nitrogens is 2. The molecule has 2 aromatic heterocycles. The van der Waals surface area contributed by atoms with Crippen molar-refractivity contribution in [2.75, 3.05) is 0 Å². The van der Waals surface area contributed by atoms with Gasteiger partial charge in [0.1, 0.15) is 0 Å². The van der Waals surface area contributed by atoms with Gasteiger partial charge in [0.15, 0.2) is 0 Å². The average molecular weight is 623 g/mol. The van der Waals surface area contributed by atoms with E-state index >= 15 is 0 Å². The van der Waals surface area contributed by atoms with Crippen molar-refractivity contribution in [3.05, 3.63) is 151 Å². The molecule has 0 amide bonds. The van der Waals surface area contributed by atoms with E-state index in [-0.39, 0.29) is 0 Å². The van der Waals surface area contributed by atoms with Gasteiger partial charge in [0.25, 0.3) is 0 Å². The molecule has 0 bridgehead atoms. The molecule has 0 fully saturated rings. The van der Waals surface area contributed by atoms with Crippen molar-refractivity contribution in [3.8, 4) is 22.5 Å². The molecular formula is C46H42N2. The Morgan fingerprint density at radius 3 is 1.56 bits per heavy atom. The van der Waals surface area contributed by atoms with Gasteiger partial charge in [-0.1, -0.05) is 137 Å². The van der Waals surface area contributed by atoms with Crippen LogP contribution < -0.4 is 0 Å². The normalized spacial score (nSPS) is 11.7. The predicted octanol–water partition coefficient (Wildman–Crippen LogP) is 13.1. The van der Waals surface area contributed by atoms with Crippen molar-refractivity contribution in [1.82, 2.24) is 9.13 Å². The van der Waals surface area contributed by atoms with Gasteiger partial charge in [0.2, 0.25) is 0 Å². The molecule has 48 heavy (non-hydrogen) atoms. The van der Waals surface area contributed by atoms with Crippen molar-refractivity contribution >= 4 is 49.7 Å². The third-order valence-corrected chi connectivity index (χ3v) is 10.0. The van der Waals surface area contributed by atoms with Crippen LogP contribution in [0.3, 0.4) is 0 Å². The lowest BCUT2D eigenvalue weighted by Gasteiger charge is -2.16. The largest absolute Gasteiger partial charge is 0.309 e. The van der Waals surface area contributed by atoms with E-state index in [1.807, 2.05) is 6.08 Å². The number of hydrogen-bond donors (Lipinski definition) is 0. The Morgan fingerprint density at radius 2 is 0.979 bits per heavy atom. The highest BCUT2D eigenvalue weighted by atomic mass is 15.0. The van der Waals surface area contributed by atoms with Gasteiger partial charge in [-0.3, -0.25) is 0 Å². The zero-order valence-electron chi connectivity index (χ0n) is 27.8. The van der Waals surface area contributed by atoms with Crippen molar-refractivity contribution < 1.29 is 0 Å². The Labute approximate surface area is 283 Å². The Bertz CT molecular complexity index is 2350. The molecule has 2 nitrogen and oxygen atoms in total. The van der Waals surface area contributed by atoms with Crippen LogP contribution in [0.1, 0.15) is 56.6 Å². The van der Waals surface area contributed by atoms with E-state index in [9.17, 15) is 0 Å². The molecule has 2 heteroatoms. The van der Waals surface area contributed by atoms with Crippen molar-refractivity contribution in [2.24, 2.45) is 0 Å². The van der Waals surface area contributed by atoms with Crippen LogP contribution in [-0.2, 0) is 6.42 Å². The van der Waals surface area contributed by atoms with E-state index < -0.39 is 0 Å². The maximum absolute atomic E-state index is 3.93. The minimum atomic E-state index is 1.08. The lowest BCUT2D eigenvalue weighted by molar-refractivity contribution is 0.607. The lowest BCUT2D eigenvalue weighted by atomic mass is 10.0. The summed E-state index contributed by atoms with van der Waals surface area (Å²) in [7, 11) is 0. The summed E-state index contributed by atoms with van der Waals surface area (Å²) in [4.78, 5) is 0. The number of rotatable bonds is 11. The molecule has 0 spiro atoms. The monoisotopic (exact) mass is 622 g/mol. The molecule has 0 saturated heterocycles. The number of nitrogens with zero attached hydrogens (tertiary/aromatic N) is 2. The Morgan fingerprint density at radius 1 is 0.479 bits per heavy atom. The van der Waals surface area contributed by atoms with Crippen molar-refractivity contribution in [2.45, 2.75) is 51.9 Å². The number of unbranched alkanes of at least 4 members (excludes halogenated alkanes) is 5. The van der Waals surface area contributed by atoms with Gasteiger partial charge >= 0.3 is 0 Å². The number of benzene rings is 6. The van der Waals surface area contributed by atoms with E-state index in [1.165, 1.54) is 110 Å². The molecule has 8 aromatic rings. The SMILES string of the molecule is C=Cc1ccc(-c2ccc3c(c2)c2ccccc2n3-c2cc(CCCCCCCC)cc(-n3c4ccccc4c4ccccc43)c2)cc1. The van der Waals surface area contributed by atoms with Gasteiger partial charge in [0.05, 0.1) is 22.1 Å². The molecule has 0 atom stereocenters. The van der Waals surface area contributed by atoms with Crippen LogP contribution >= 0.6 is 0 Å². The first kappa shape index (κ1) is 30.0. The first-order valence-corrected chi connectivity index (χ1v) is 17.6. The molecule has 2 heterocycles. The Balaban J connectivity index is 1.31. The highest BCUT2D eigenvalue weighted by molar-refractivity contribution is 6.11. The zero-order chi connectivity index (χ0) is 32.5. The summed E-state index contributed by atoms with van der Waals surface area (Å²) < 4.78 is 4.95. The minimum Gasteiger partial charge on any atom is -0.309 e. The summed E-state index contributed by atoms with van der Waals surface area (Å²) in [6.07, 6.45) is 10.7. The Hall–Kier alpha value is -5.34. The third-order valence-electron chi connectivity index (χ3n) is 10.0. The highest BCUT2D eigenvalue weighted by Gasteiger charge is 2.17. The van der Waals surface area contributed by atoms with Gasteiger partial charge < -0.3 is 9.13 Å². The molecule has 0 saturated carbocycles. The Kier molecular flexibility index (Phi) is 8.16. The minimum absolute atomic E-state index is 1.08. The van der Waals surface area contributed by atoms with Crippen LogP contribution in [0.15, 0.2) is 140 Å². The topological polar surface area (TPSA) is 9.86 Å². The van der Waals surface area contributed by atoms with Crippen LogP contribution in [-0.4, -0.2) is 9.13 Å². The third kappa shape index (κ3) is 5.42. The fourth-order valence-corrected chi connectivity index (χ4v) is 7.61. The van der Waals surface area contributed by atoms with Gasteiger partial charge in [0, 0.05) is 32.9 Å². The van der Waals surface area contributed by atoms with E-state index in [1.54, 1.807) is 0 Å². The van der Waals surface area contributed by atoms with Crippen molar-refractivity contribution in [3.63, 3.8) is 0 Å².